The van der Waals surface area contributed by atoms with Gasteiger partial charge in [0.2, 0.25) is 0 Å². The quantitative estimate of drug-likeness (QED) is 0.663. The Morgan fingerprint density at radius 3 is 2.67 bits per heavy atom. The predicted molar refractivity (Wildman–Crippen MR) is 104 cm³/mol. The lowest BCUT2D eigenvalue weighted by atomic mass is 9.75. The summed E-state index contributed by atoms with van der Waals surface area (Å²) in [7, 11) is 0. The molecule has 0 radical (unpaired) electrons. The summed E-state index contributed by atoms with van der Waals surface area (Å²) in [5.41, 5.74) is 0.0764. The zero-order valence-electron chi connectivity index (χ0n) is 16.4. The molecule has 1 aromatic heterocycles. The molecule has 2 nitrogen and oxygen atoms in total. The van der Waals surface area contributed by atoms with Crippen LogP contribution in [0.2, 0.25) is 0 Å². The van der Waals surface area contributed by atoms with E-state index in [1.807, 2.05) is 11.3 Å². The summed E-state index contributed by atoms with van der Waals surface area (Å²) in [5.74, 6) is 2.52. The van der Waals surface area contributed by atoms with Crippen molar-refractivity contribution in [1.82, 2.24) is 0 Å². The first kappa shape index (κ1) is 19.9. The SMILES string of the molecule is CC(C)CC[C@H](CC[NH2+][C@H](C)c1cccs1)[C@@H]1CCOC(C)(C)C1. The second kappa shape index (κ2) is 9.35. The van der Waals surface area contributed by atoms with Gasteiger partial charge in [-0.15, -0.1) is 11.3 Å². The van der Waals surface area contributed by atoms with Crippen molar-refractivity contribution in [2.75, 3.05) is 13.2 Å². The highest BCUT2D eigenvalue weighted by molar-refractivity contribution is 7.10. The minimum Gasteiger partial charge on any atom is -0.376 e. The van der Waals surface area contributed by atoms with Crippen molar-refractivity contribution in [2.24, 2.45) is 17.8 Å². The average molecular weight is 353 g/mol. The summed E-state index contributed by atoms with van der Waals surface area (Å²) in [6, 6.07) is 5.03. The monoisotopic (exact) mass is 352 g/mol. The van der Waals surface area contributed by atoms with Crippen LogP contribution in [0.15, 0.2) is 17.5 Å². The molecule has 0 aliphatic carbocycles. The van der Waals surface area contributed by atoms with Crippen LogP contribution in [0.4, 0.5) is 0 Å². The van der Waals surface area contributed by atoms with Crippen LogP contribution in [0.5, 0.6) is 0 Å². The maximum Gasteiger partial charge on any atom is 0.118 e. The fourth-order valence-corrected chi connectivity index (χ4v) is 4.85. The van der Waals surface area contributed by atoms with E-state index >= 15 is 0 Å². The van der Waals surface area contributed by atoms with Crippen molar-refractivity contribution in [2.45, 2.75) is 78.4 Å². The minimum atomic E-state index is 0.0764. The lowest BCUT2D eigenvalue weighted by molar-refractivity contribution is -0.693. The molecule has 1 aromatic rings. The number of hydrogen-bond acceptors (Lipinski definition) is 2. The molecule has 0 amide bonds. The Hall–Kier alpha value is -0.380. The number of nitrogens with two attached hydrogens (primary N) is 1. The fourth-order valence-electron chi connectivity index (χ4n) is 4.07. The number of thiophene rings is 1. The molecule has 0 spiro atoms. The smallest absolute Gasteiger partial charge is 0.118 e. The summed E-state index contributed by atoms with van der Waals surface area (Å²) in [4.78, 5) is 1.50. The molecule has 0 unspecified atom stereocenters. The van der Waals surface area contributed by atoms with Crippen LogP contribution in [0, 0.1) is 17.8 Å². The van der Waals surface area contributed by atoms with Gasteiger partial charge in [0, 0.05) is 6.61 Å². The summed E-state index contributed by atoms with van der Waals surface area (Å²) >= 11 is 1.88. The van der Waals surface area contributed by atoms with Gasteiger partial charge in [0.1, 0.15) is 6.04 Å². The van der Waals surface area contributed by atoms with Crippen LogP contribution in [0.3, 0.4) is 0 Å². The van der Waals surface area contributed by atoms with Crippen molar-refractivity contribution >= 4 is 11.3 Å². The number of ether oxygens (including phenoxy) is 1. The summed E-state index contributed by atoms with van der Waals surface area (Å²) in [5, 5.41) is 4.73. The maximum atomic E-state index is 5.96. The van der Waals surface area contributed by atoms with Gasteiger partial charge in [-0.2, -0.15) is 0 Å². The molecule has 24 heavy (non-hydrogen) atoms. The van der Waals surface area contributed by atoms with Crippen molar-refractivity contribution in [3.63, 3.8) is 0 Å². The van der Waals surface area contributed by atoms with Crippen molar-refractivity contribution in [3.8, 4) is 0 Å². The van der Waals surface area contributed by atoms with E-state index in [4.69, 9.17) is 4.74 Å². The molecular formula is C21H38NOS+. The lowest BCUT2D eigenvalue weighted by Crippen LogP contribution is -2.84. The molecule has 2 heterocycles. The average Bonchev–Trinajstić information content (AvgIpc) is 3.03. The van der Waals surface area contributed by atoms with E-state index in [2.05, 4.69) is 57.4 Å². The topological polar surface area (TPSA) is 25.8 Å². The summed E-state index contributed by atoms with van der Waals surface area (Å²) < 4.78 is 5.96. The largest absolute Gasteiger partial charge is 0.376 e. The van der Waals surface area contributed by atoms with E-state index in [1.165, 1.54) is 43.5 Å². The van der Waals surface area contributed by atoms with Crippen molar-refractivity contribution in [3.05, 3.63) is 22.4 Å². The fraction of sp³-hybridized carbons (Fsp3) is 0.810. The van der Waals surface area contributed by atoms with Gasteiger partial charge in [0.25, 0.3) is 0 Å². The first-order valence-electron chi connectivity index (χ1n) is 9.88. The van der Waals surface area contributed by atoms with Gasteiger partial charge in [-0.05, 0) is 75.7 Å². The number of rotatable bonds is 9. The molecule has 2 N–H and O–H groups in total. The molecular weight excluding hydrogens is 314 g/mol. The second-order valence-corrected chi connectivity index (χ2v) is 9.69. The third-order valence-corrected chi connectivity index (χ3v) is 6.64. The highest BCUT2D eigenvalue weighted by Gasteiger charge is 2.33. The summed E-state index contributed by atoms with van der Waals surface area (Å²) in [6.45, 7) is 13.8. The van der Waals surface area contributed by atoms with E-state index in [1.54, 1.807) is 0 Å². The standard InChI is InChI=1S/C21H37NOS/c1-16(2)8-9-18(19-11-13-23-21(4,5)15-19)10-12-22-17(3)20-7-6-14-24-20/h6-7,14,16-19,22H,8-13,15H2,1-5H3/p+1/t17-,18-,19-/m1/s1. The third kappa shape index (κ3) is 6.50. The second-order valence-electron chi connectivity index (χ2n) is 8.71. The molecule has 1 aliphatic heterocycles. The molecule has 3 heteroatoms. The van der Waals surface area contributed by atoms with Crippen LogP contribution in [0.1, 0.15) is 77.6 Å². The normalized spacial score (nSPS) is 23.3. The van der Waals surface area contributed by atoms with Gasteiger partial charge in [-0.25, -0.2) is 0 Å². The lowest BCUT2D eigenvalue weighted by Gasteiger charge is -2.39. The molecule has 1 saturated heterocycles. The highest BCUT2D eigenvalue weighted by Crippen LogP contribution is 2.37. The van der Waals surface area contributed by atoms with Crippen LogP contribution in [-0.4, -0.2) is 18.8 Å². The van der Waals surface area contributed by atoms with Gasteiger partial charge < -0.3 is 10.1 Å². The van der Waals surface area contributed by atoms with E-state index in [9.17, 15) is 0 Å². The van der Waals surface area contributed by atoms with E-state index in [-0.39, 0.29) is 5.60 Å². The van der Waals surface area contributed by atoms with Gasteiger partial charge >= 0.3 is 0 Å². The van der Waals surface area contributed by atoms with Crippen LogP contribution >= 0.6 is 11.3 Å². The zero-order valence-corrected chi connectivity index (χ0v) is 17.2. The van der Waals surface area contributed by atoms with Crippen LogP contribution in [-0.2, 0) is 4.74 Å². The van der Waals surface area contributed by atoms with Crippen molar-refractivity contribution in [1.29, 1.82) is 0 Å². The molecule has 2 rings (SSSR count). The van der Waals surface area contributed by atoms with E-state index in [0.29, 0.717) is 6.04 Å². The van der Waals surface area contributed by atoms with Crippen LogP contribution in [0.25, 0.3) is 0 Å². The number of quaternary nitrogens is 1. The molecule has 1 fully saturated rings. The van der Waals surface area contributed by atoms with Gasteiger partial charge in [0.15, 0.2) is 0 Å². The Morgan fingerprint density at radius 1 is 1.25 bits per heavy atom. The Balaban J connectivity index is 1.85. The Kier molecular flexibility index (Phi) is 7.77. The predicted octanol–water partition coefficient (Wildman–Crippen LogP) is 5.02. The van der Waals surface area contributed by atoms with Gasteiger partial charge in [0.05, 0.1) is 17.0 Å². The maximum absolute atomic E-state index is 5.96. The molecule has 0 aromatic carbocycles. The molecule has 138 valence electrons. The number of hydrogen-bond donors (Lipinski definition) is 1. The van der Waals surface area contributed by atoms with Crippen LogP contribution < -0.4 is 5.32 Å². The Labute approximate surface area is 153 Å². The zero-order chi connectivity index (χ0) is 17.6. The van der Waals surface area contributed by atoms with Gasteiger partial charge in [-0.3, -0.25) is 0 Å². The van der Waals surface area contributed by atoms with E-state index < -0.39 is 0 Å². The molecule has 3 atom stereocenters. The molecule has 0 saturated carbocycles. The first-order valence-corrected chi connectivity index (χ1v) is 10.8. The van der Waals surface area contributed by atoms with Gasteiger partial charge in [-0.1, -0.05) is 26.3 Å². The Bertz CT molecular complexity index is 454. The molecule has 0 bridgehead atoms. The third-order valence-electron chi connectivity index (χ3n) is 5.57. The first-order chi connectivity index (χ1) is 11.4. The summed E-state index contributed by atoms with van der Waals surface area (Å²) in [6.07, 6.45) is 6.59. The highest BCUT2D eigenvalue weighted by atomic mass is 32.1. The minimum absolute atomic E-state index is 0.0764. The van der Waals surface area contributed by atoms with E-state index in [0.717, 1.165) is 24.4 Å². The molecule has 1 aliphatic rings. The van der Waals surface area contributed by atoms with Crippen molar-refractivity contribution < 1.29 is 10.1 Å². The Morgan fingerprint density at radius 2 is 2.04 bits per heavy atom.